The van der Waals surface area contributed by atoms with Crippen molar-refractivity contribution in [2.45, 2.75) is 12.4 Å². The van der Waals surface area contributed by atoms with E-state index in [0.29, 0.717) is 30.2 Å². The molecule has 0 saturated heterocycles. The minimum atomic E-state index is -4.83. The Morgan fingerprint density at radius 2 is 1.21 bits per heavy atom. The Hall–Kier alpha value is -3.44. The number of nitrogens with zero attached hydrogens (tertiary/aromatic N) is 3. The van der Waals surface area contributed by atoms with Crippen LogP contribution in [0.1, 0.15) is 0 Å². The molecule has 0 saturated carbocycles. The third kappa shape index (κ3) is 5.32. The van der Waals surface area contributed by atoms with E-state index >= 15 is 0 Å². The molecule has 2 heterocycles. The van der Waals surface area contributed by atoms with Gasteiger partial charge in [0.15, 0.2) is 0 Å². The van der Waals surface area contributed by atoms with E-state index in [2.05, 4.69) is 5.32 Å². The van der Waals surface area contributed by atoms with Gasteiger partial charge < -0.3 is 20.0 Å². The standard InChI is InChI=1S/C11H11F3N2O.C10H9F3N2O/c1-15-6-7-16(10(17)11(12,13)14)9-5-3-2-4-8(9)15;11-10(12,13)9(16)15-6-5-14-7-3-1-2-4-8(7)15/h2-5H,6-7H2,1H3;1-4,14H,5-6H2. The molecule has 2 aliphatic heterocycles. The number of nitrogens with one attached hydrogen (secondary N) is 1. The first-order valence-corrected chi connectivity index (χ1v) is 9.81. The number of hydrogen-bond donors (Lipinski definition) is 1. The molecule has 0 aromatic heterocycles. The lowest BCUT2D eigenvalue weighted by atomic mass is 10.1. The van der Waals surface area contributed by atoms with Gasteiger partial charge in [-0.15, -0.1) is 0 Å². The topological polar surface area (TPSA) is 55.9 Å². The number of para-hydroxylation sites is 4. The molecule has 2 amide bonds. The lowest BCUT2D eigenvalue weighted by Gasteiger charge is -2.35. The van der Waals surface area contributed by atoms with Crippen LogP contribution in [0.5, 0.6) is 0 Å². The molecule has 6 nitrogen and oxygen atoms in total. The predicted octanol–water partition coefficient (Wildman–Crippen LogP) is 4.04. The first-order chi connectivity index (χ1) is 15.4. The van der Waals surface area contributed by atoms with Gasteiger partial charge in [0.05, 0.1) is 22.7 Å². The van der Waals surface area contributed by atoms with Gasteiger partial charge in [-0.05, 0) is 24.3 Å². The minimum absolute atomic E-state index is 0.0232. The molecule has 0 bridgehead atoms. The molecule has 4 rings (SSSR count). The van der Waals surface area contributed by atoms with Crippen LogP contribution in [-0.2, 0) is 9.59 Å². The predicted molar refractivity (Wildman–Crippen MR) is 111 cm³/mol. The molecule has 0 unspecified atom stereocenters. The second-order valence-electron chi connectivity index (χ2n) is 7.26. The maximum Gasteiger partial charge on any atom is 0.471 e. The van der Waals surface area contributed by atoms with E-state index < -0.39 is 24.2 Å². The summed E-state index contributed by atoms with van der Waals surface area (Å²) < 4.78 is 74.2. The van der Waals surface area contributed by atoms with Gasteiger partial charge in [0.1, 0.15) is 0 Å². The van der Waals surface area contributed by atoms with Gasteiger partial charge in [-0.3, -0.25) is 9.59 Å². The van der Waals surface area contributed by atoms with Crippen molar-refractivity contribution < 1.29 is 35.9 Å². The number of carbonyl (C=O) groups excluding carboxylic acids is 2. The molecule has 0 spiro atoms. The van der Waals surface area contributed by atoms with Gasteiger partial charge in [0.2, 0.25) is 0 Å². The maximum atomic E-state index is 12.4. The molecular formula is C21H20F6N4O2. The molecule has 33 heavy (non-hydrogen) atoms. The average molecular weight is 474 g/mol. The first kappa shape index (κ1) is 24.2. The van der Waals surface area contributed by atoms with Gasteiger partial charge in [-0.2, -0.15) is 26.3 Å². The summed E-state index contributed by atoms with van der Waals surface area (Å²) in [6.07, 6.45) is -9.66. The molecule has 1 N–H and O–H groups in total. The second kappa shape index (κ2) is 9.20. The highest BCUT2D eigenvalue weighted by atomic mass is 19.4. The molecule has 178 valence electrons. The van der Waals surface area contributed by atoms with Crippen molar-refractivity contribution in [2.24, 2.45) is 0 Å². The number of rotatable bonds is 0. The maximum absolute atomic E-state index is 12.4. The lowest BCUT2D eigenvalue weighted by molar-refractivity contribution is -0.170. The van der Waals surface area contributed by atoms with Crippen LogP contribution in [0.4, 0.5) is 49.1 Å². The van der Waals surface area contributed by atoms with Gasteiger partial charge >= 0.3 is 24.2 Å². The summed E-state index contributed by atoms with van der Waals surface area (Å²) in [6, 6.07) is 13.0. The van der Waals surface area contributed by atoms with Crippen molar-refractivity contribution >= 4 is 34.6 Å². The number of fused-ring (bicyclic) bond motifs is 2. The van der Waals surface area contributed by atoms with Crippen LogP contribution in [0, 0.1) is 0 Å². The third-order valence-electron chi connectivity index (χ3n) is 5.06. The largest absolute Gasteiger partial charge is 0.471 e. The highest BCUT2D eigenvalue weighted by Crippen LogP contribution is 2.34. The number of halogens is 6. The number of benzene rings is 2. The highest BCUT2D eigenvalue weighted by molar-refractivity contribution is 6.01. The van der Waals surface area contributed by atoms with Crippen LogP contribution in [0.2, 0.25) is 0 Å². The van der Waals surface area contributed by atoms with Gasteiger partial charge in [0.25, 0.3) is 0 Å². The molecule has 0 radical (unpaired) electrons. The Morgan fingerprint density at radius 1 is 0.727 bits per heavy atom. The van der Waals surface area contributed by atoms with Crippen LogP contribution in [0.25, 0.3) is 0 Å². The third-order valence-corrected chi connectivity index (χ3v) is 5.06. The molecule has 12 heteroatoms. The summed E-state index contributed by atoms with van der Waals surface area (Å²) in [5, 5.41) is 2.94. The number of likely N-dealkylation sites (N-methyl/N-ethyl adjacent to an activating group) is 1. The average Bonchev–Trinajstić information content (AvgIpc) is 2.77. The number of hydrogen-bond acceptors (Lipinski definition) is 4. The lowest BCUT2D eigenvalue weighted by Crippen LogP contribution is -2.48. The zero-order chi connectivity index (χ0) is 24.4. The Labute approximate surface area is 185 Å². The summed E-state index contributed by atoms with van der Waals surface area (Å²) in [6.45, 7) is 0.777. The number of alkyl halides is 6. The van der Waals surface area contributed by atoms with Gasteiger partial charge in [-0.1, -0.05) is 24.3 Å². The number of carbonyl (C=O) groups is 2. The summed E-state index contributed by atoms with van der Waals surface area (Å²) >= 11 is 0. The normalized spacial score (nSPS) is 15.5. The van der Waals surface area contributed by atoms with Crippen molar-refractivity contribution in [1.82, 2.24) is 0 Å². The second-order valence-corrected chi connectivity index (χ2v) is 7.26. The first-order valence-electron chi connectivity index (χ1n) is 9.81. The zero-order valence-corrected chi connectivity index (χ0v) is 17.4. The minimum Gasteiger partial charge on any atom is -0.382 e. The van der Waals surface area contributed by atoms with Crippen LogP contribution in [-0.4, -0.2) is 57.4 Å². The highest BCUT2D eigenvalue weighted by Gasteiger charge is 2.45. The van der Waals surface area contributed by atoms with E-state index in [1.165, 1.54) is 12.1 Å². The van der Waals surface area contributed by atoms with Crippen molar-refractivity contribution in [1.29, 1.82) is 0 Å². The molecule has 2 aromatic carbocycles. The van der Waals surface area contributed by atoms with Crippen molar-refractivity contribution in [3.05, 3.63) is 48.5 Å². The van der Waals surface area contributed by atoms with E-state index in [0.717, 1.165) is 9.80 Å². The Kier molecular flexibility index (Phi) is 6.75. The Morgan fingerprint density at radius 3 is 1.79 bits per heavy atom. The molecule has 0 aliphatic carbocycles. The van der Waals surface area contributed by atoms with Crippen LogP contribution in [0.3, 0.4) is 0 Å². The quantitative estimate of drug-likeness (QED) is 0.586. The van der Waals surface area contributed by atoms with E-state index in [4.69, 9.17) is 0 Å². The fourth-order valence-corrected chi connectivity index (χ4v) is 3.52. The molecule has 0 atom stereocenters. The molecule has 0 fully saturated rings. The van der Waals surface area contributed by atoms with E-state index in [1.54, 1.807) is 43.4 Å². The Balaban J connectivity index is 0.000000186. The number of amides is 2. The van der Waals surface area contributed by atoms with Crippen LogP contribution >= 0.6 is 0 Å². The van der Waals surface area contributed by atoms with E-state index in [9.17, 15) is 35.9 Å². The molecule has 2 aliphatic rings. The van der Waals surface area contributed by atoms with Crippen molar-refractivity contribution in [3.8, 4) is 0 Å². The monoisotopic (exact) mass is 474 g/mol. The van der Waals surface area contributed by atoms with Gasteiger partial charge in [-0.25, -0.2) is 0 Å². The smallest absolute Gasteiger partial charge is 0.382 e. The number of anilines is 4. The summed E-state index contributed by atoms with van der Waals surface area (Å²) in [5.74, 6) is -3.63. The fourth-order valence-electron chi connectivity index (χ4n) is 3.52. The van der Waals surface area contributed by atoms with Crippen molar-refractivity contribution in [3.63, 3.8) is 0 Å². The SMILES string of the molecule is CN1CCN(C(=O)C(F)(F)F)c2ccccc21.O=C(N1CCNc2ccccc21)C(F)(F)F. The molecular weight excluding hydrogens is 454 g/mol. The van der Waals surface area contributed by atoms with Crippen LogP contribution in [0.15, 0.2) is 48.5 Å². The zero-order valence-electron chi connectivity index (χ0n) is 17.4. The summed E-state index contributed by atoms with van der Waals surface area (Å²) in [5.41, 5.74) is 1.77. The van der Waals surface area contributed by atoms with E-state index in [1.807, 2.05) is 4.90 Å². The van der Waals surface area contributed by atoms with Crippen molar-refractivity contribution in [2.75, 3.05) is 53.2 Å². The molecule has 2 aromatic rings. The van der Waals surface area contributed by atoms with E-state index in [-0.39, 0.29) is 18.8 Å². The van der Waals surface area contributed by atoms with Crippen LogP contribution < -0.4 is 20.0 Å². The van der Waals surface area contributed by atoms with Gasteiger partial charge in [0, 0.05) is 33.2 Å². The summed E-state index contributed by atoms with van der Waals surface area (Å²) in [4.78, 5) is 25.8. The Bertz CT molecular complexity index is 1020. The fraction of sp³-hybridized carbons (Fsp3) is 0.333. The summed E-state index contributed by atoms with van der Waals surface area (Å²) in [7, 11) is 1.79.